The molecule has 0 aromatic heterocycles. The number of aliphatic imine (C=N–C) groups is 1. The third-order valence-corrected chi connectivity index (χ3v) is 6.40. The third kappa shape index (κ3) is 2.83. The first-order chi connectivity index (χ1) is 13.3. The van der Waals surface area contributed by atoms with Crippen LogP contribution in [0.2, 0.25) is 0 Å². The van der Waals surface area contributed by atoms with Gasteiger partial charge >= 0.3 is 6.03 Å². The highest BCUT2D eigenvalue weighted by Gasteiger charge is 2.53. The van der Waals surface area contributed by atoms with Gasteiger partial charge in [-0.05, 0) is 39.8 Å². The number of nitrogens with zero attached hydrogens (tertiary/aromatic N) is 5. The number of amides is 4. The molecule has 152 valence electrons. The van der Waals surface area contributed by atoms with Gasteiger partial charge in [0, 0.05) is 37.4 Å². The number of rotatable bonds is 4. The lowest BCUT2D eigenvalue weighted by Gasteiger charge is -2.35. The number of allylic oxidation sites excluding steroid dienone is 2. The summed E-state index contributed by atoms with van der Waals surface area (Å²) < 4.78 is 0. The number of piperidine rings is 1. The molecule has 4 aliphatic rings. The molecule has 3 N–H and O–H groups in total. The highest BCUT2D eigenvalue weighted by Crippen LogP contribution is 2.35. The van der Waals surface area contributed by atoms with Crippen molar-refractivity contribution in [2.45, 2.75) is 38.9 Å². The molecule has 4 aliphatic heterocycles. The van der Waals surface area contributed by atoms with E-state index in [-0.39, 0.29) is 17.7 Å². The van der Waals surface area contributed by atoms with Crippen LogP contribution in [0.1, 0.15) is 26.7 Å². The first kappa shape index (κ1) is 18.7. The van der Waals surface area contributed by atoms with Crippen LogP contribution in [0, 0.1) is 5.92 Å². The molecule has 2 atom stereocenters. The summed E-state index contributed by atoms with van der Waals surface area (Å²) >= 11 is 0. The average Bonchev–Trinajstić information content (AvgIpc) is 3.16. The van der Waals surface area contributed by atoms with Gasteiger partial charge in [0.1, 0.15) is 0 Å². The van der Waals surface area contributed by atoms with Crippen molar-refractivity contribution in [3.8, 4) is 0 Å². The molecule has 0 saturated carbocycles. The van der Waals surface area contributed by atoms with Gasteiger partial charge in [-0.25, -0.2) is 9.79 Å². The lowest BCUT2D eigenvalue weighted by molar-refractivity contribution is -0.126. The number of nitrogens with two attached hydrogens (primary N) is 1. The van der Waals surface area contributed by atoms with Crippen LogP contribution in [0.4, 0.5) is 4.79 Å². The summed E-state index contributed by atoms with van der Waals surface area (Å²) in [4.78, 5) is 48.3. The number of hydrogen-bond acceptors (Lipinski definition) is 7. The van der Waals surface area contributed by atoms with E-state index in [0.717, 1.165) is 56.4 Å². The van der Waals surface area contributed by atoms with Crippen LogP contribution in [0.15, 0.2) is 16.4 Å². The van der Waals surface area contributed by atoms with Gasteiger partial charge < -0.3 is 20.4 Å². The van der Waals surface area contributed by atoms with E-state index in [1.807, 2.05) is 18.7 Å². The first-order valence-corrected chi connectivity index (χ1v) is 9.71. The topological polar surface area (TPSA) is 115 Å². The van der Waals surface area contributed by atoms with E-state index < -0.39 is 18.2 Å². The second-order valence-corrected chi connectivity index (χ2v) is 7.90. The van der Waals surface area contributed by atoms with Gasteiger partial charge in [-0.2, -0.15) is 0 Å². The highest BCUT2D eigenvalue weighted by atomic mass is 16.2. The highest BCUT2D eigenvalue weighted by molar-refractivity contribution is 6.05. The van der Waals surface area contributed by atoms with E-state index >= 15 is 0 Å². The third-order valence-electron chi connectivity index (χ3n) is 6.40. The van der Waals surface area contributed by atoms with E-state index in [1.165, 1.54) is 4.90 Å². The summed E-state index contributed by atoms with van der Waals surface area (Å²) in [6.07, 6.45) is 1.09. The van der Waals surface area contributed by atoms with Crippen molar-refractivity contribution in [1.82, 2.24) is 24.9 Å². The van der Waals surface area contributed by atoms with Gasteiger partial charge in [0.15, 0.2) is 12.2 Å². The van der Waals surface area contributed by atoms with Crippen molar-refractivity contribution in [3.05, 3.63) is 11.4 Å². The maximum atomic E-state index is 12.5. The molecule has 28 heavy (non-hydrogen) atoms. The number of primary amides is 1. The predicted octanol–water partition coefficient (Wildman–Crippen LogP) is -0.701. The van der Waals surface area contributed by atoms with E-state index in [0.29, 0.717) is 0 Å². The number of likely N-dealkylation sites (tertiary alicyclic amines) is 1. The fourth-order valence-electron chi connectivity index (χ4n) is 4.48. The molecule has 10 heteroatoms. The Bertz CT molecular complexity index is 784. The van der Waals surface area contributed by atoms with Crippen LogP contribution in [-0.2, 0) is 9.59 Å². The summed E-state index contributed by atoms with van der Waals surface area (Å²) in [6.45, 7) is 7.28. The molecule has 0 radical (unpaired) electrons. The Morgan fingerprint density at radius 3 is 2.50 bits per heavy atom. The number of likely N-dealkylation sites (N-methyl/N-ethyl adjacent to an activating group) is 1. The van der Waals surface area contributed by atoms with Crippen molar-refractivity contribution in [3.63, 3.8) is 0 Å². The van der Waals surface area contributed by atoms with Crippen LogP contribution in [0.3, 0.4) is 0 Å². The first-order valence-electron chi connectivity index (χ1n) is 9.71. The summed E-state index contributed by atoms with van der Waals surface area (Å²) in [5.41, 5.74) is 7.46. The molecule has 4 amide bonds. The molecule has 0 bridgehead atoms. The molecule has 2 saturated heterocycles. The Hall–Kier alpha value is -2.62. The van der Waals surface area contributed by atoms with Crippen LogP contribution < -0.4 is 11.1 Å². The zero-order valence-corrected chi connectivity index (χ0v) is 16.5. The zero-order chi connectivity index (χ0) is 20.2. The quantitative estimate of drug-likeness (QED) is 0.657. The molecule has 0 aromatic rings. The predicted molar refractivity (Wildman–Crippen MR) is 102 cm³/mol. The number of guanidine groups is 1. The minimum absolute atomic E-state index is 0.0173. The fourth-order valence-corrected chi connectivity index (χ4v) is 4.48. The summed E-state index contributed by atoms with van der Waals surface area (Å²) in [7, 11) is 1.66. The number of nitrogens with one attached hydrogen (secondary N) is 1. The Labute approximate surface area is 164 Å². The maximum absolute atomic E-state index is 12.5. The standard InChI is InChI=1S/C18H27N7O3/c1-10-11(2)25-13-15(22(3)18(28)21-16(13)27)20-17(25)24(10)9-8-23-6-4-12(5-7-23)14(19)26/h12-13,15H,4-9H2,1-3H3,(H2,19,26)(H,21,27,28). The minimum Gasteiger partial charge on any atom is -0.369 e. The molecule has 10 nitrogen and oxygen atoms in total. The van der Waals surface area contributed by atoms with Crippen molar-refractivity contribution in [1.29, 1.82) is 0 Å². The lowest BCUT2D eigenvalue weighted by Crippen LogP contribution is -2.63. The van der Waals surface area contributed by atoms with Crippen LogP contribution in [0.25, 0.3) is 0 Å². The van der Waals surface area contributed by atoms with Gasteiger partial charge in [-0.15, -0.1) is 0 Å². The number of carbonyl (C=O) groups is 3. The maximum Gasteiger partial charge on any atom is 0.325 e. The molecule has 4 rings (SSSR count). The van der Waals surface area contributed by atoms with Crippen molar-refractivity contribution in [2.24, 2.45) is 16.6 Å². The molecular formula is C18H27N7O3. The van der Waals surface area contributed by atoms with Crippen LogP contribution in [0.5, 0.6) is 0 Å². The van der Waals surface area contributed by atoms with E-state index in [9.17, 15) is 14.4 Å². The molecule has 0 spiro atoms. The Morgan fingerprint density at radius 1 is 1.18 bits per heavy atom. The van der Waals surface area contributed by atoms with Crippen molar-refractivity contribution >= 4 is 23.8 Å². The summed E-state index contributed by atoms with van der Waals surface area (Å²) in [5, 5.41) is 2.41. The van der Waals surface area contributed by atoms with Gasteiger partial charge in [0.2, 0.25) is 11.9 Å². The normalized spacial score (nSPS) is 28.5. The van der Waals surface area contributed by atoms with E-state index in [4.69, 9.17) is 10.7 Å². The molecular weight excluding hydrogens is 362 g/mol. The SMILES string of the molecule is CC1=C(C)N2C(=NC3C2C(=O)NC(=O)N3C)N1CCN1CCC(C(N)=O)CC1. The van der Waals surface area contributed by atoms with Crippen LogP contribution >= 0.6 is 0 Å². The molecule has 0 aromatic carbocycles. The fraction of sp³-hybridized carbons (Fsp3) is 0.667. The zero-order valence-electron chi connectivity index (χ0n) is 16.5. The van der Waals surface area contributed by atoms with E-state index in [2.05, 4.69) is 15.1 Å². The molecule has 2 fully saturated rings. The van der Waals surface area contributed by atoms with Gasteiger partial charge in [0.05, 0.1) is 0 Å². The Kier molecular flexibility index (Phi) is 4.53. The Morgan fingerprint density at radius 2 is 1.86 bits per heavy atom. The van der Waals surface area contributed by atoms with Crippen molar-refractivity contribution in [2.75, 3.05) is 33.2 Å². The summed E-state index contributed by atoms with van der Waals surface area (Å²) in [5.74, 6) is 0.198. The minimum atomic E-state index is -0.524. The largest absolute Gasteiger partial charge is 0.369 e. The second kappa shape index (κ2) is 6.77. The lowest BCUT2D eigenvalue weighted by atomic mass is 9.96. The van der Waals surface area contributed by atoms with Gasteiger partial charge in [-0.1, -0.05) is 0 Å². The number of hydrogen-bond donors (Lipinski definition) is 2. The number of fused-ring (bicyclic) bond motifs is 3. The average molecular weight is 389 g/mol. The monoisotopic (exact) mass is 389 g/mol. The van der Waals surface area contributed by atoms with Gasteiger partial charge in [-0.3, -0.25) is 19.8 Å². The Balaban J connectivity index is 1.46. The molecule has 4 heterocycles. The smallest absolute Gasteiger partial charge is 0.325 e. The van der Waals surface area contributed by atoms with Crippen LogP contribution in [-0.4, -0.2) is 88.8 Å². The second-order valence-electron chi connectivity index (χ2n) is 7.90. The number of urea groups is 1. The van der Waals surface area contributed by atoms with Gasteiger partial charge in [0.25, 0.3) is 5.91 Å². The number of imide groups is 1. The number of carbonyl (C=O) groups excluding carboxylic acids is 3. The molecule has 2 unspecified atom stereocenters. The van der Waals surface area contributed by atoms with Crippen molar-refractivity contribution < 1.29 is 14.4 Å². The molecule has 0 aliphatic carbocycles. The van der Waals surface area contributed by atoms with E-state index in [1.54, 1.807) is 7.05 Å². The summed E-state index contributed by atoms with van der Waals surface area (Å²) in [6, 6.07) is -0.942.